The van der Waals surface area contributed by atoms with E-state index in [-0.39, 0.29) is 57.0 Å². The van der Waals surface area contributed by atoms with Crippen LogP contribution >= 0.6 is 51.5 Å². The highest BCUT2D eigenvalue weighted by Gasteiger charge is 2.29. The second-order valence-electron chi connectivity index (χ2n) is 38.9. The van der Waals surface area contributed by atoms with Crippen molar-refractivity contribution in [1.82, 2.24) is 0 Å². The topological polar surface area (TPSA) is 232 Å². The van der Waals surface area contributed by atoms with Gasteiger partial charge >= 0.3 is 0 Å². The van der Waals surface area contributed by atoms with Gasteiger partial charge in [-0.1, -0.05) is 323 Å². The Morgan fingerprint density at radius 3 is 0.873 bits per heavy atom. The summed E-state index contributed by atoms with van der Waals surface area (Å²) in [5.41, 5.74) is 21.1. The molecule has 12 atom stereocenters. The summed E-state index contributed by atoms with van der Waals surface area (Å²) < 4.78 is 65.3. The fourth-order valence-electron chi connectivity index (χ4n) is 15.5. The Morgan fingerprint density at radius 1 is 0.218 bits per heavy atom. The molecule has 0 heterocycles. The first-order valence-corrected chi connectivity index (χ1v) is 53.9. The van der Waals surface area contributed by atoms with Crippen LogP contribution in [0.1, 0.15) is 246 Å². The summed E-state index contributed by atoms with van der Waals surface area (Å²) >= 11 is 0. The Kier molecular flexibility index (Phi) is 49.9. The first-order valence-electron chi connectivity index (χ1n) is 47.9. The van der Waals surface area contributed by atoms with Crippen LogP contribution < -0.4 is 92.1 Å². The molecule has 0 aromatic heterocycles. The van der Waals surface area contributed by atoms with Crippen molar-refractivity contribution >= 4 is 115 Å². The molecule has 0 radical (unpaired) electrons. The number of methoxy groups -OCH3 is 6. The third-order valence-electron chi connectivity index (χ3n) is 22.7. The lowest BCUT2D eigenvalue weighted by molar-refractivity contribution is 0.0504. The molecule has 0 amide bonds. The molecular formula is C118H158O18P6. The van der Waals surface area contributed by atoms with Crippen molar-refractivity contribution < 1.29 is 87.5 Å². The molecule has 0 aliphatic heterocycles. The van der Waals surface area contributed by atoms with Gasteiger partial charge in [0.2, 0.25) is 0 Å². The average molecular weight is 2050 g/mol. The van der Waals surface area contributed by atoms with Crippen molar-refractivity contribution in [2.24, 2.45) is 0 Å². The predicted octanol–water partition coefficient (Wildman–Crippen LogP) is 21.1. The molecule has 0 bridgehead atoms. The van der Waals surface area contributed by atoms with Crippen LogP contribution in [0.4, 0.5) is 0 Å². The number of aliphatic hydroxyl groups excluding tert-OH is 6. The van der Waals surface area contributed by atoms with Crippen molar-refractivity contribution in [2.75, 3.05) is 83.4 Å². The van der Waals surface area contributed by atoms with Crippen LogP contribution in [0.15, 0.2) is 212 Å². The number of rotatable bonds is 36. The molecule has 6 N–H and O–H groups in total. The molecule has 0 saturated carbocycles. The largest absolute Gasteiger partial charge is 0.467 e. The number of benzene rings is 12. The van der Waals surface area contributed by atoms with Crippen LogP contribution in [0.2, 0.25) is 0 Å². The molecule has 24 heteroatoms. The fraction of sp³-hybridized carbons (Fsp3) is 0.390. The Labute approximate surface area is 858 Å². The highest BCUT2D eigenvalue weighted by Crippen LogP contribution is 2.41. The molecule has 0 fully saturated rings. The molecule has 768 valence electrons. The first kappa shape index (κ1) is 120. The Hall–Kier alpha value is -8.46. The maximum atomic E-state index is 10.2. The van der Waals surface area contributed by atoms with Crippen LogP contribution in [-0.2, 0) is 44.7 Å². The van der Waals surface area contributed by atoms with Crippen molar-refractivity contribution in [3.8, 4) is 34.5 Å². The van der Waals surface area contributed by atoms with E-state index in [1.54, 1.807) is 63.4 Å². The van der Waals surface area contributed by atoms with E-state index < -0.39 is 36.6 Å². The summed E-state index contributed by atoms with van der Waals surface area (Å²) in [7, 11) is 12.3. The van der Waals surface area contributed by atoms with E-state index in [0.29, 0.717) is 51.5 Å². The quantitative estimate of drug-likeness (QED) is 0.0158. The minimum Gasteiger partial charge on any atom is -0.467 e. The lowest BCUT2D eigenvalue weighted by Crippen LogP contribution is -2.24. The van der Waals surface area contributed by atoms with E-state index in [4.69, 9.17) is 56.8 Å². The lowest BCUT2D eigenvalue weighted by Gasteiger charge is -2.29. The summed E-state index contributed by atoms with van der Waals surface area (Å²) in [5.74, 6) is 5.23. The van der Waals surface area contributed by atoms with Gasteiger partial charge in [-0.05, 0) is 256 Å². The number of aryl methyl sites for hydroxylation is 10. The monoisotopic (exact) mass is 2050 g/mol. The third-order valence-corrected chi connectivity index (χ3v) is 31.0. The second kappa shape index (κ2) is 58.8. The van der Waals surface area contributed by atoms with E-state index >= 15 is 0 Å². The van der Waals surface area contributed by atoms with E-state index in [1.807, 2.05) is 122 Å². The molecule has 18 nitrogen and oxygen atoms in total. The van der Waals surface area contributed by atoms with E-state index in [0.717, 1.165) is 170 Å². The van der Waals surface area contributed by atoms with Crippen LogP contribution in [0.5, 0.6) is 34.5 Å². The maximum absolute atomic E-state index is 10.2. The fourth-order valence-corrected chi connectivity index (χ4v) is 24.2. The Bertz CT molecular complexity index is 5910. The number of hydrogen-bond donors (Lipinski definition) is 6. The highest BCUT2D eigenvalue weighted by atomic mass is 31.1. The predicted molar refractivity (Wildman–Crippen MR) is 605 cm³/mol. The normalized spacial score (nSPS) is 13.1. The molecule has 12 rings (SSSR count). The minimum absolute atomic E-state index is 0.0306. The number of ether oxygens (including phenoxy) is 12. The van der Waals surface area contributed by atoms with Gasteiger partial charge < -0.3 is 87.5 Å². The average Bonchev–Trinajstić information content (AvgIpc) is 0.726. The summed E-state index contributed by atoms with van der Waals surface area (Å²) in [5, 5.41) is 74.2. The molecule has 0 aliphatic carbocycles. The van der Waals surface area contributed by atoms with Gasteiger partial charge in [0.15, 0.2) is 40.8 Å². The van der Waals surface area contributed by atoms with Gasteiger partial charge in [-0.25, -0.2) is 0 Å². The Balaban J connectivity index is 0.000000232. The van der Waals surface area contributed by atoms with Crippen molar-refractivity contribution in [1.29, 1.82) is 0 Å². The third kappa shape index (κ3) is 37.8. The van der Waals surface area contributed by atoms with Gasteiger partial charge in [0, 0.05) is 85.6 Å². The van der Waals surface area contributed by atoms with Gasteiger partial charge in [0.1, 0.15) is 34.5 Å². The van der Waals surface area contributed by atoms with Crippen LogP contribution in [0, 0.1) is 69.2 Å². The zero-order chi connectivity index (χ0) is 105. The standard InChI is InChI=1S/C24H35O3P.C22H31O3P.C19H25O3P.2C18H23O3P.C17H21O3P/c1-16(25)18-11-9-10-12-20(18)28-21-14-17(23(2,3)4)13-19(24(5,6)7)22(21)27-15-26-8;1-14-8-9-19(17(10-14)16(3)23)26-20-12-15(2)11-18(22(4,5)6)21(20)25-13-24-7;1-12-6-7-17(16(9-12)15(4)20)23-18-10-13(2)8-14(3)19(18)22-11-21-5;1-12-6-8-17(15(9-12)14(3)19)22-18-10-13(2)5-7-16(18)21-11-20-4;1-12-8-9-16(15(10-12)14(3)19)22-17-7-5-6-13(2)18(17)21-11-20-4;1-12-8-9-16(14(10-12)13(2)18)21-17-7-5-4-6-15(17)20-11-19-3/h9-14,16,25,28H,15H2,1-8H3;8-12,16,23,26H,13H2,1-7H3;6-10,15,20,23H,11H2,1-5H3;2*5-10,14,19,22H,11H2,1-4H3;4-10,13,18,21H,11H2,1-3H3. The molecule has 12 aromatic carbocycles. The molecule has 0 saturated heterocycles. The van der Waals surface area contributed by atoms with Gasteiger partial charge in [-0.3, -0.25) is 0 Å². The molecule has 12 aromatic rings. The zero-order valence-corrected chi connectivity index (χ0v) is 95.5. The van der Waals surface area contributed by atoms with Crippen molar-refractivity contribution in [3.63, 3.8) is 0 Å². The van der Waals surface area contributed by atoms with E-state index in [9.17, 15) is 30.6 Å². The van der Waals surface area contributed by atoms with E-state index in [1.165, 1.54) is 33.4 Å². The van der Waals surface area contributed by atoms with Crippen LogP contribution in [0.3, 0.4) is 0 Å². The van der Waals surface area contributed by atoms with Gasteiger partial charge in [-0.15, -0.1) is 0 Å². The summed E-state index contributed by atoms with van der Waals surface area (Å²) in [4.78, 5) is 0. The van der Waals surface area contributed by atoms with Gasteiger partial charge in [0.05, 0.1) is 36.6 Å². The number of hydrogen-bond acceptors (Lipinski definition) is 18. The zero-order valence-electron chi connectivity index (χ0n) is 89.5. The number of aliphatic hydroxyl groups is 6. The summed E-state index contributed by atoms with van der Waals surface area (Å²) in [6, 6.07) is 72.7. The summed E-state index contributed by atoms with van der Waals surface area (Å²) in [6.45, 7) is 52.8. The Morgan fingerprint density at radius 2 is 0.493 bits per heavy atom. The minimum atomic E-state index is -0.500. The van der Waals surface area contributed by atoms with Crippen LogP contribution in [0.25, 0.3) is 0 Å². The van der Waals surface area contributed by atoms with E-state index in [2.05, 4.69) is 243 Å². The second-order valence-corrected chi connectivity index (χ2v) is 46.9. The molecule has 0 spiro atoms. The maximum Gasteiger partial charge on any atom is 0.188 e. The van der Waals surface area contributed by atoms with Crippen molar-refractivity contribution in [3.05, 3.63) is 318 Å². The van der Waals surface area contributed by atoms with Gasteiger partial charge in [-0.2, -0.15) is 0 Å². The SMILES string of the molecule is COCOc1c(C)cc(C)cc1Pc1ccc(C)cc1C(C)O.COCOc1c(C)cccc1Pc1ccc(C)cc1C(C)O.COCOc1c(Pc2ccc(C)cc2C(C)O)cc(C)cc1C(C)(C)C.COCOc1c(Pc2ccccc2C(C)O)cc(C(C)(C)C)cc1C(C)(C)C.COCOc1ccc(C)cc1Pc1ccc(C)cc1C(C)O.COCOc1ccccc1Pc1ccc(C)cc1C(C)O. The summed E-state index contributed by atoms with van der Waals surface area (Å²) in [6.07, 6.45) is -2.90. The molecule has 142 heavy (non-hydrogen) atoms. The first-order chi connectivity index (χ1) is 67.1. The molecule has 12 unspecified atom stereocenters. The van der Waals surface area contributed by atoms with Crippen LogP contribution in [-0.4, -0.2) is 114 Å². The highest BCUT2D eigenvalue weighted by molar-refractivity contribution is 7.57. The number of para-hydroxylation sites is 2. The van der Waals surface area contributed by atoms with Crippen molar-refractivity contribution in [2.45, 2.75) is 226 Å². The molecular weight excluding hydrogens is 1890 g/mol. The van der Waals surface area contributed by atoms with Gasteiger partial charge in [0.25, 0.3) is 0 Å². The smallest absolute Gasteiger partial charge is 0.188 e. The lowest BCUT2D eigenvalue weighted by atomic mass is 9.80. The molecule has 0 aliphatic rings.